The van der Waals surface area contributed by atoms with Gasteiger partial charge in [0.25, 0.3) is 0 Å². The quantitative estimate of drug-likeness (QED) is 0.133. The topological polar surface area (TPSA) is 71.3 Å². The number of benzene rings is 5. The van der Waals surface area contributed by atoms with Crippen molar-refractivity contribution < 1.29 is 0 Å². The molecule has 9 heteroatoms. The zero-order valence-corrected chi connectivity index (χ0v) is 31.0. The Morgan fingerprint density at radius 3 is 1.39 bits per heavy atom. The summed E-state index contributed by atoms with van der Waals surface area (Å²) in [6.45, 7) is 7.05. The van der Waals surface area contributed by atoms with E-state index in [1.165, 1.54) is 50.0 Å². The van der Waals surface area contributed by atoms with Crippen LogP contribution in [0.1, 0.15) is 56.5 Å². The molecule has 54 heavy (non-hydrogen) atoms. The molecule has 0 aliphatic heterocycles. The number of halogens is 1. The van der Waals surface area contributed by atoms with E-state index >= 15 is 0 Å². The van der Waals surface area contributed by atoms with Gasteiger partial charge in [-0.3, -0.25) is 0 Å². The average Bonchev–Trinajstić information content (AvgIpc) is 3.97. The maximum atomic E-state index is 6.52. The number of aromatic nitrogens is 8. The van der Waals surface area contributed by atoms with Gasteiger partial charge in [0.1, 0.15) is 11.4 Å². The third-order valence-corrected chi connectivity index (χ3v) is 10.8. The maximum absolute atomic E-state index is 6.52. The van der Waals surface area contributed by atoms with E-state index in [2.05, 4.69) is 165 Å². The lowest BCUT2D eigenvalue weighted by atomic mass is 9.82. The van der Waals surface area contributed by atoms with Crippen LogP contribution in [0.25, 0.3) is 21.8 Å². The van der Waals surface area contributed by atoms with Crippen LogP contribution in [0, 0.1) is 13.8 Å². The highest BCUT2D eigenvalue weighted by molar-refractivity contribution is 6.30. The van der Waals surface area contributed by atoms with Crippen molar-refractivity contribution in [2.24, 2.45) is 0 Å². The van der Waals surface area contributed by atoms with Crippen molar-refractivity contribution in [2.75, 3.05) is 0 Å². The van der Waals surface area contributed by atoms with Gasteiger partial charge in [-0.2, -0.15) is 0 Å². The molecule has 9 rings (SSSR count). The van der Waals surface area contributed by atoms with E-state index in [-0.39, 0.29) is 5.92 Å². The van der Waals surface area contributed by atoms with E-state index in [1.54, 1.807) is 0 Å². The van der Waals surface area contributed by atoms with Crippen LogP contribution >= 0.6 is 11.6 Å². The van der Waals surface area contributed by atoms with Crippen LogP contribution in [-0.4, -0.2) is 39.1 Å². The predicted molar refractivity (Wildman–Crippen MR) is 215 cm³/mol. The molecule has 0 spiro atoms. The van der Waals surface area contributed by atoms with Crippen LogP contribution in [0.2, 0.25) is 5.02 Å². The number of hydrogen-bond donors (Lipinski definition) is 0. The van der Waals surface area contributed by atoms with E-state index < -0.39 is 0 Å². The van der Waals surface area contributed by atoms with Crippen LogP contribution < -0.4 is 0 Å². The lowest BCUT2D eigenvalue weighted by molar-refractivity contribution is 0.648. The first-order chi connectivity index (χ1) is 26.5. The second kappa shape index (κ2) is 14.3. The van der Waals surface area contributed by atoms with Crippen LogP contribution in [-0.2, 0) is 26.2 Å². The van der Waals surface area contributed by atoms with Crippen LogP contribution in [0.15, 0.2) is 146 Å². The van der Waals surface area contributed by atoms with Gasteiger partial charge in [-0.25, -0.2) is 9.36 Å². The molecular formula is C45H39ClN8. The standard InChI is InChI=1S/C45H39ClN8/c1-31-43(39-17-9-11-19-41(39)53(31)29-37-27-51(49-47-37)25-33-13-5-3-6-14-33)45(35-21-23-36(46)24-22-35)44-32(2)54(42-20-12-10-18-40(42)44)30-38-28-52(50-48-38)26-34-15-7-4-8-16-34/h3-24,27-28,45H,25-26,29-30H2,1-2H3. The van der Waals surface area contributed by atoms with Crippen molar-refractivity contribution in [3.05, 3.63) is 201 Å². The van der Waals surface area contributed by atoms with Gasteiger partial charge in [0, 0.05) is 44.1 Å². The predicted octanol–water partition coefficient (Wildman–Crippen LogP) is 9.42. The monoisotopic (exact) mass is 726 g/mol. The van der Waals surface area contributed by atoms with Crippen LogP contribution in [0.3, 0.4) is 0 Å². The smallest absolute Gasteiger partial charge is 0.102 e. The highest BCUT2D eigenvalue weighted by atomic mass is 35.5. The minimum atomic E-state index is -0.0814. The summed E-state index contributed by atoms with van der Waals surface area (Å²) in [4.78, 5) is 0. The minimum Gasteiger partial charge on any atom is -0.338 e. The van der Waals surface area contributed by atoms with Crippen molar-refractivity contribution in [2.45, 2.75) is 45.9 Å². The minimum absolute atomic E-state index is 0.0814. The molecule has 4 heterocycles. The molecule has 266 valence electrons. The molecule has 0 unspecified atom stereocenters. The molecule has 0 bridgehead atoms. The number of rotatable bonds is 11. The number of para-hydroxylation sites is 2. The summed E-state index contributed by atoms with van der Waals surface area (Å²) in [5, 5.41) is 21.4. The van der Waals surface area contributed by atoms with Gasteiger partial charge in [-0.05, 0) is 65.9 Å². The molecule has 8 nitrogen and oxygen atoms in total. The Morgan fingerprint density at radius 1 is 0.500 bits per heavy atom. The molecule has 0 aliphatic rings. The molecule has 0 amide bonds. The SMILES string of the molecule is Cc1c(C(c2ccc(Cl)cc2)c2c(C)n(Cc3cn(Cc4ccccc4)nn3)c3ccccc23)c2ccccc2n1Cc1cn(Cc2ccccc2)nn1. The molecule has 0 atom stereocenters. The van der Waals surface area contributed by atoms with E-state index in [4.69, 9.17) is 11.6 Å². The molecular weight excluding hydrogens is 688 g/mol. The first kappa shape index (κ1) is 33.6. The lowest BCUT2D eigenvalue weighted by Crippen LogP contribution is -2.10. The van der Waals surface area contributed by atoms with Gasteiger partial charge < -0.3 is 9.13 Å². The number of fused-ring (bicyclic) bond motifs is 2. The van der Waals surface area contributed by atoms with Crippen molar-refractivity contribution >= 4 is 33.4 Å². The molecule has 0 saturated carbocycles. The van der Waals surface area contributed by atoms with Gasteiger partial charge >= 0.3 is 0 Å². The van der Waals surface area contributed by atoms with E-state index in [0.717, 1.165) is 22.4 Å². The molecule has 0 N–H and O–H groups in total. The number of nitrogens with zero attached hydrogens (tertiary/aromatic N) is 8. The zero-order chi connectivity index (χ0) is 36.6. The van der Waals surface area contributed by atoms with E-state index in [9.17, 15) is 0 Å². The molecule has 0 aliphatic carbocycles. The molecule has 5 aromatic carbocycles. The van der Waals surface area contributed by atoms with E-state index in [0.29, 0.717) is 31.2 Å². The molecule has 0 fully saturated rings. The van der Waals surface area contributed by atoms with Gasteiger partial charge in [-0.1, -0.05) is 131 Å². The molecule has 9 aromatic rings. The Bertz CT molecular complexity index is 2540. The fourth-order valence-corrected chi connectivity index (χ4v) is 8.15. The largest absolute Gasteiger partial charge is 0.338 e. The zero-order valence-electron chi connectivity index (χ0n) is 30.2. The fraction of sp³-hybridized carbons (Fsp3) is 0.156. The first-order valence-corrected chi connectivity index (χ1v) is 18.6. The molecule has 4 aromatic heterocycles. The van der Waals surface area contributed by atoms with Gasteiger partial charge in [0.15, 0.2) is 0 Å². The average molecular weight is 727 g/mol. The highest BCUT2D eigenvalue weighted by Crippen LogP contribution is 2.45. The summed E-state index contributed by atoms with van der Waals surface area (Å²) in [6.07, 6.45) is 4.12. The third kappa shape index (κ3) is 6.39. The summed E-state index contributed by atoms with van der Waals surface area (Å²) >= 11 is 6.52. The Labute approximate surface area is 318 Å². The summed E-state index contributed by atoms with van der Waals surface area (Å²) in [7, 11) is 0. The fourth-order valence-electron chi connectivity index (χ4n) is 8.03. The Balaban J connectivity index is 1.15. The van der Waals surface area contributed by atoms with Crippen molar-refractivity contribution in [3.8, 4) is 0 Å². The Morgan fingerprint density at radius 2 is 0.926 bits per heavy atom. The lowest BCUT2D eigenvalue weighted by Gasteiger charge is -2.21. The Kier molecular flexibility index (Phi) is 8.89. The number of hydrogen-bond acceptors (Lipinski definition) is 4. The van der Waals surface area contributed by atoms with Crippen molar-refractivity contribution in [1.82, 2.24) is 39.1 Å². The summed E-state index contributed by atoms with van der Waals surface area (Å²) in [5.41, 5.74) is 12.6. The van der Waals surface area contributed by atoms with Gasteiger partial charge in [0.05, 0.1) is 38.6 Å². The summed E-state index contributed by atoms with van der Waals surface area (Å²) in [5.74, 6) is -0.0814. The van der Waals surface area contributed by atoms with Crippen molar-refractivity contribution in [3.63, 3.8) is 0 Å². The summed E-state index contributed by atoms with van der Waals surface area (Å²) < 4.78 is 8.62. The van der Waals surface area contributed by atoms with Crippen molar-refractivity contribution in [1.29, 1.82) is 0 Å². The highest BCUT2D eigenvalue weighted by Gasteiger charge is 2.30. The Hall–Kier alpha value is -6.25. The van der Waals surface area contributed by atoms with Gasteiger partial charge in [0.2, 0.25) is 0 Å². The van der Waals surface area contributed by atoms with Gasteiger partial charge in [-0.15, -0.1) is 10.2 Å². The maximum Gasteiger partial charge on any atom is 0.102 e. The summed E-state index contributed by atoms with van der Waals surface area (Å²) in [6, 6.07) is 46.5. The first-order valence-electron chi connectivity index (χ1n) is 18.3. The second-order valence-electron chi connectivity index (χ2n) is 14.0. The molecule has 0 saturated heterocycles. The third-order valence-electron chi connectivity index (χ3n) is 10.5. The second-order valence-corrected chi connectivity index (χ2v) is 14.4. The van der Waals surface area contributed by atoms with Crippen LogP contribution in [0.4, 0.5) is 0 Å². The van der Waals surface area contributed by atoms with Crippen LogP contribution in [0.5, 0.6) is 0 Å². The van der Waals surface area contributed by atoms with E-state index in [1.807, 2.05) is 33.6 Å². The molecule has 0 radical (unpaired) electrons. The normalized spacial score (nSPS) is 11.7.